The van der Waals surface area contributed by atoms with Crippen LogP contribution in [-0.4, -0.2) is 50.8 Å². The minimum atomic E-state index is 0.735. The summed E-state index contributed by atoms with van der Waals surface area (Å²) in [5.41, 5.74) is 0. The third kappa shape index (κ3) is 5.50. The summed E-state index contributed by atoms with van der Waals surface area (Å²) in [6.45, 7) is 7.98. The standard InChI is InChI=1S/C12H26N2O/c1-3-8-14(9-5-10-15-2)11-12-6-4-7-13-12/h12-13H,3-11H2,1-2H3. The summed E-state index contributed by atoms with van der Waals surface area (Å²) in [6.07, 6.45) is 5.11. The first kappa shape index (κ1) is 12.9. The molecule has 0 aromatic heterocycles. The predicted molar refractivity (Wildman–Crippen MR) is 64.2 cm³/mol. The van der Waals surface area contributed by atoms with Crippen molar-refractivity contribution in [3.63, 3.8) is 0 Å². The first-order valence-electron chi connectivity index (χ1n) is 6.31. The molecule has 0 aromatic carbocycles. The Morgan fingerprint density at radius 3 is 2.87 bits per heavy atom. The Bertz CT molecular complexity index is 147. The Morgan fingerprint density at radius 1 is 1.40 bits per heavy atom. The number of nitrogens with one attached hydrogen (secondary N) is 1. The Morgan fingerprint density at radius 2 is 2.27 bits per heavy atom. The molecule has 1 N–H and O–H groups in total. The van der Waals surface area contributed by atoms with Crippen molar-refractivity contribution in [2.24, 2.45) is 0 Å². The second-order valence-corrected chi connectivity index (χ2v) is 4.44. The zero-order chi connectivity index (χ0) is 10.9. The molecule has 3 nitrogen and oxygen atoms in total. The molecule has 0 aliphatic carbocycles. The van der Waals surface area contributed by atoms with Gasteiger partial charge in [-0.1, -0.05) is 6.92 Å². The van der Waals surface area contributed by atoms with Crippen molar-refractivity contribution in [3.8, 4) is 0 Å². The van der Waals surface area contributed by atoms with E-state index in [9.17, 15) is 0 Å². The monoisotopic (exact) mass is 214 g/mol. The molecule has 0 aromatic rings. The summed E-state index contributed by atoms with van der Waals surface area (Å²) in [5, 5.41) is 3.56. The number of rotatable bonds is 8. The number of methoxy groups -OCH3 is 1. The normalized spacial score (nSPS) is 21.4. The maximum atomic E-state index is 5.10. The number of hydrogen-bond acceptors (Lipinski definition) is 3. The average Bonchev–Trinajstić information content (AvgIpc) is 2.71. The van der Waals surface area contributed by atoms with Crippen molar-refractivity contribution < 1.29 is 4.74 Å². The number of hydrogen-bond donors (Lipinski definition) is 1. The van der Waals surface area contributed by atoms with E-state index in [0.717, 1.165) is 19.1 Å². The van der Waals surface area contributed by atoms with E-state index in [2.05, 4.69) is 17.1 Å². The van der Waals surface area contributed by atoms with Gasteiger partial charge in [-0.2, -0.15) is 0 Å². The molecule has 1 unspecified atom stereocenters. The van der Waals surface area contributed by atoms with Gasteiger partial charge in [0, 0.05) is 32.8 Å². The van der Waals surface area contributed by atoms with Crippen LogP contribution in [0.3, 0.4) is 0 Å². The van der Waals surface area contributed by atoms with E-state index in [1.165, 1.54) is 45.4 Å². The fourth-order valence-corrected chi connectivity index (χ4v) is 2.27. The molecule has 0 radical (unpaired) electrons. The van der Waals surface area contributed by atoms with E-state index < -0.39 is 0 Å². The van der Waals surface area contributed by atoms with Gasteiger partial charge in [-0.15, -0.1) is 0 Å². The van der Waals surface area contributed by atoms with Gasteiger partial charge in [0.15, 0.2) is 0 Å². The zero-order valence-corrected chi connectivity index (χ0v) is 10.3. The predicted octanol–water partition coefficient (Wildman–Crippen LogP) is 1.49. The van der Waals surface area contributed by atoms with Gasteiger partial charge < -0.3 is 15.0 Å². The molecule has 1 saturated heterocycles. The van der Waals surface area contributed by atoms with Crippen molar-refractivity contribution in [2.45, 2.75) is 38.6 Å². The van der Waals surface area contributed by atoms with Crippen LogP contribution in [0.1, 0.15) is 32.6 Å². The lowest BCUT2D eigenvalue weighted by atomic mass is 10.2. The maximum Gasteiger partial charge on any atom is 0.0474 e. The van der Waals surface area contributed by atoms with Crippen molar-refractivity contribution in [1.29, 1.82) is 0 Å². The smallest absolute Gasteiger partial charge is 0.0474 e. The van der Waals surface area contributed by atoms with Crippen molar-refractivity contribution in [1.82, 2.24) is 10.2 Å². The van der Waals surface area contributed by atoms with E-state index in [4.69, 9.17) is 4.74 Å². The third-order valence-corrected chi connectivity index (χ3v) is 3.00. The quantitative estimate of drug-likeness (QED) is 0.620. The molecule has 0 amide bonds. The molecular weight excluding hydrogens is 188 g/mol. The van der Waals surface area contributed by atoms with Crippen LogP contribution in [0.4, 0.5) is 0 Å². The van der Waals surface area contributed by atoms with E-state index in [1.54, 1.807) is 7.11 Å². The minimum absolute atomic E-state index is 0.735. The van der Waals surface area contributed by atoms with Crippen LogP contribution in [0.5, 0.6) is 0 Å². The Labute approximate surface area is 94.2 Å². The molecule has 1 atom stereocenters. The second kappa shape index (κ2) is 8.08. The summed E-state index contributed by atoms with van der Waals surface area (Å²) in [4.78, 5) is 2.57. The van der Waals surface area contributed by atoms with Crippen LogP contribution in [0.25, 0.3) is 0 Å². The average molecular weight is 214 g/mol. The molecular formula is C12H26N2O. The number of nitrogens with zero attached hydrogens (tertiary/aromatic N) is 1. The van der Waals surface area contributed by atoms with Gasteiger partial charge in [0.05, 0.1) is 0 Å². The zero-order valence-electron chi connectivity index (χ0n) is 10.3. The fraction of sp³-hybridized carbons (Fsp3) is 1.00. The van der Waals surface area contributed by atoms with Gasteiger partial charge in [0.2, 0.25) is 0 Å². The van der Waals surface area contributed by atoms with Crippen molar-refractivity contribution in [2.75, 3.05) is 39.9 Å². The number of ether oxygens (including phenoxy) is 1. The Balaban J connectivity index is 2.16. The van der Waals surface area contributed by atoms with Crippen LogP contribution in [0.15, 0.2) is 0 Å². The minimum Gasteiger partial charge on any atom is -0.385 e. The first-order chi connectivity index (χ1) is 7.36. The molecule has 90 valence electrons. The second-order valence-electron chi connectivity index (χ2n) is 4.44. The molecule has 0 spiro atoms. The van der Waals surface area contributed by atoms with E-state index in [1.807, 2.05) is 0 Å². The molecule has 1 aliphatic rings. The molecule has 1 rings (SSSR count). The first-order valence-corrected chi connectivity index (χ1v) is 6.31. The fourth-order valence-electron chi connectivity index (χ4n) is 2.27. The van der Waals surface area contributed by atoms with Gasteiger partial charge in [0.1, 0.15) is 0 Å². The van der Waals surface area contributed by atoms with Gasteiger partial charge in [-0.3, -0.25) is 0 Å². The van der Waals surface area contributed by atoms with Crippen LogP contribution in [0, 0.1) is 0 Å². The van der Waals surface area contributed by atoms with Crippen LogP contribution < -0.4 is 5.32 Å². The molecule has 3 heteroatoms. The van der Waals surface area contributed by atoms with Gasteiger partial charge in [0.25, 0.3) is 0 Å². The van der Waals surface area contributed by atoms with Gasteiger partial charge >= 0.3 is 0 Å². The summed E-state index contributed by atoms with van der Waals surface area (Å²) in [5.74, 6) is 0. The lowest BCUT2D eigenvalue weighted by Gasteiger charge is -2.25. The van der Waals surface area contributed by atoms with Gasteiger partial charge in [-0.05, 0) is 38.8 Å². The van der Waals surface area contributed by atoms with Crippen LogP contribution in [-0.2, 0) is 4.74 Å². The van der Waals surface area contributed by atoms with Crippen molar-refractivity contribution >= 4 is 0 Å². The van der Waals surface area contributed by atoms with E-state index >= 15 is 0 Å². The summed E-state index contributed by atoms with van der Waals surface area (Å²) in [7, 11) is 1.78. The molecule has 1 heterocycles. The van der Waals surface area contributed by atoms with Crippen LogP contribution in [0.2, 0.25) is 0 Å². The largest absolute Gasteiger partial charge is 0.385 e. The van der Waals surface area contributed by atoms with E-state index in [-0.39, 0.29) is 0 Å². The van der Waals surface area contributed by atoms with E-state index in [0.29, 0.717) is 0 Å². The summed E-state index contributed by atoms with van der Waals surface area (Å²) >= 11 is 0. The van der Waals surface area contributed by atoms with Gasteiger partial charge in [-0.25, -0.2) is 0 Å². The summed E-state index contributed by atoms with van der Waals surface area (Å²) < 4.78 is 5.10. The molecule has 1 aliphatic heterocycles. The highest BCUT2D eigenvalue weighted by Gasteiger charge is 2.16. The van der Waals surface area contributed by atoms with Crippen LogP contribution >= 0.6 is 0 Å². The maximum absolute atomic E-state index is 5.10. The molecule has 0 saturated carbocycles. The highest BCUT2D eigenvalue weighted by molar-refractivity contribution is 4.77. The molecule has 15 heavy (non-hydrogen) atoms. The molecule has 0 bridgehead atoms. The summed E-state index contributed by atoms with van der Waals surface area (Å²) in [6, 6.07) is 0.735. The highest BCUT2D eigenvalue weighted by atomic mass is 16.5. The molecule has 1 fully saturated rings. The highest BCUT2D eigenvalue weighted by Crippen LogP contribution is 2.07. The lowest BCUT2D eigenvalue weighted by molar-refractivity contribution is 0.167. The lowest BCUT2D eigenvalue weighted by Crippen LogP contribution is -2.38. The third-order valence-electron chi connectivity index (χ3n) is 3.00. The Hall–Kier alpha value is -0.120. The Kier molecular flexibility index (Phi) is 6.98. The topological polar surface area (TPSA) is 24.5 Å². The van der Waals surface area contributed by atoms with Crippen molar-refractivity contribution in [3.05, 3.63) is 0 Å². The SMILES string of the molecule is CCCN(CCCOC)CC1CCCN1.